The fourth-order valence-electron chi connectivity index (χ4n) is 2.46. The summed E-state index contributed by atoms with van der Waals surface area (Å²) in [5, 5.41) is 0.291. The lowest BCUT2D eigenvalue weighted by Crippen LogP contribution is -2.33. The Balaban J connectivity index is 2.16. The van der Waals surface area contributed by atoms with Gasteiger partial charge >= 0.3 is 0 Å². The monoisotopic (exact) mass is 289 g/mol. The highest BCUT2D eigenvalue weighted by Crippen LogP contribution is 2.37. The number of thiazole rings is 1. The molecular formula is C11H19N3O2S2. The van der Waals surface area contributed by atoms with Crippen LogP contribution < -0.4 is 10.5 Å². The molecule has 1 saturated carbocycles. The van der Waals surface area contributed by atoms with Crippen molar-refractivity contribution in [1.82, 2.24) is 9.71 Å². The van der Waals surface area contributed by atoms with Gasteiger partial charge in [-0.25, -0.2) is 18.1 Å². The second kappa shape index (κ2) is 4.47. The number of hydrogen-bond donors (Lipinski definition) is 2. The van der Waals surface area contributed by atoms with E-state index < -0.39 is 10.0 Å². The molecule has 1 heterocycles. The molecule has 18 heavy (non-hydrogen) atoms. The molecule has 0 saturated heterocycles. The zero-order chi connectivity index (χ0) is 13.6. The molecule has 0 spiro atoms. The van der Waals surface area contributed by atoms with Crippen molar-refractivity contribution in [3.63, 3.8) is 0 Å². The van der Waals surface area contributed by atoms with Gasteiger partial charge in [-0.2, -0.15) is 0 Å². The summed E-state index contributed by atoms with van der Waals surface area (Å²) >= 11 is 1.02. The fraction of sp³-hybridized carbons (Fsp3) is 0.727. The quantitative estimate of drug-likeness (QED) is 0.890. The van der Waals surface area contributed by atoms with Gasteiger partial charge in [0.15, 0.2) is 9.34 Å². The maximum atomic E-state index is 12.2. The van der Waals surface area contributed by atoms with Gasteiger partial charge in [-0.1, -0.05) is 25.2 Å². The van der Waals surface area contributed by atoms with Crippen molar-refractivity contribution in [1.29, 1.82) is 0 Å². The van der Waals surface area contributed by atoms with Gasteiger partial charge in [-0.15, -0.1) is 0 Å². The summed E-state index contributed by atoms with van der Waals surface area (Å²) in [7, 11) is -3.48. The third-order valence-electron chi connectivity index (χ3n) is 3.31. The van der Waals surface area contributed by atoms with Crippen molar-refractivity contribution in [2.24, 2.45) is 5.41 Å². The average Bonchev–Trinajstić information content (AvgIpc) is 2.69. The van der Waals surface area contributed by atoms with Crippen LogP contribution >= 0.6 is 11.3 Å². The summed E-state index contributed by atoms with van der Waals surface area (Å²) in [4.78, 5) is 3.96. The van der Waals surface area contributed by atoms with Gasteiger partial charge in [-0.05, 0) is 31.6 Å². The van der Waals surface area contributed by atoms with E-state index >= 15 is 0 Å². The van der Waals surface area contributed by atoms with E-state index in [0.29, 0.717) is 10.8 Å². The van der Waals surface area contributed by atoms with E-state index in [4.69, 9.17) is 5.73 Å². The van der Waals surface area contributed by atoms with E-state index in [1.165, 1.54) is 0 Å². The summed E-state index contributed by atoms with van der Waals surface area (Å²) in [6.45, 7) is 5.99. The van der Waals surface area contributed by atoms with E-state index in [1.54, 1.807) is 6.92 Å². The molecule has 0 bridgehead atoms. The first-order valence-corrected chi connectivity index (χ1v) is 8.25. The molecular weight excluding hydrogens is 270 g/mol. The molecule has 3 N–H and O–H groups in total. The molecule has 1 aromatic heterocycles. The number of nitrogens with one attached hydrogen (secondary N) is 1. The largest absolute Gasteiger partial charge is 0.375 e. The lowest BCUT2D eigenvalue weighted by molar-refractivity contribution is 0.372. The number of anilines is 1. The Morgan fingerprint density at radius 2 is 2.17 bits per heavy atom. The maximum Gasteiger partial charge on any atom is 0.252 e. The highest BCUT2D eigenvalue weighted by Gasteiger charge is 2.34. The number of aromatic nitrogens is 1. The highest BCUT2D eigenvalue weighted by atomic mass is 32.2. The molecule has 1 unspecified atom stereocenters. The van der Waals surface area contributed by atoms with Crippen molar-refractivity contribution in [3.8, 4) is 0 Å². The predicted molar refractivity (Wildman–Crippen MR) is 73.0 cm³/mol. The molecule has 1 aliphatic rings. The van der Waals surface area contributed by atoms with Crippen molar-refractivity contribution in [2.75, 3.05) is 5.73 Å². The van der Waals surface area contributed by atoms with Crippen molar-refractivity contribution in [3.05, 3.63) is 5.69 Å². The summed E-state index contributed by atoms with van der Waals surface area (Å²) in [5.41, 5.74) is 6.23. The Kier molecular flexibility index (Phi) is 3.42. The first kappa shape index (κ1) is 13.8. The molecule has 1 atom stereocenters. The molecule has 1 fully saturated rings. The number of nitrogens with zero attached hydrogens (tertiary/aromatic N) is 1. The SMILES string of the molecule is Cc1nc(N)sc1S(=O)(=O)NC1CCC(C)(C)C1. The standard InChI is InChI=1S/C11H19N3O2S2/c1-7-9(17-10(12)13-7)18(15,16)14-8-4-5-11(2,3)6-8/h8,14H,4-6H2,1-3H3,(H2,12,13). The fourth-order valence-corrected chi connectivity index (χ4v) is 5.05. The normalized spacial score (nSPS) is 23.4. The van der Waals surface area contributed by atoms with E-state index in [1.807, 2.05) is 0 Å². The molecule has 0 aromatic carbocycles. The third-order valence-corrected chi connectivity index (χ3v) is 6.42. The van der Waals surface area contributed by atoms with Crippen LogP contribution in [0.15, 0.2) is 4.21 Å². The zero-order valence-electron chi connectivity index (χ0n) is 10.9. The van der Waals surface area contributed by atoms with Crippen LogP contribution in [0.3, 0.4) is 0 Å². The van der Waals surface area contributed by atoms with Crippen LogP contribution in [-0.4, -0.2) is 19.4 Å². The number of aryl methyl sites for hydroxylation is 1. The number of nitrogens with two attached hydrogens (primary N) is 1. The minimum atomic E-state index is -3.48. The van der Waals surface area contributed by atoms with Crippen LogP contribution in [0.25, 0.3) is 0 Å². The Labute approximate surface area is 112 Å². The second-order valence-corrected chi connectivity index (χ2v) is 8.59. The van der Waals surface area contributed by atoms with E-state index in [9.17, 15) is 8.42 Å². The smallest absolute Gasteiger partial charge is 0.252 e. The second-order valence-electron chi connectivity index (χ2n) is 5.65. The summed E-state index contributed by atoms with van der Waals surface area (Å²) in [6, 6.07) is 0.0210. The first-order valence-electron chi connectivity index (χ1n) is 5.95. The van der Waals surface area contributed by atoms with Crippen LogP contribution in [0.4, 0.5) is 5.13 Å². The van der Waals surface area contributed by atoms with E-state index in [0.717, 1.165) is 30.6 Å². The third kappa shape index (κ3) is 2.84. The first-order chi connectivity index (χ1) is 8.20. The molecule has 2 rings (SSSR count). The minimum absolute atomic E-state index is 0.0210. The lowest BCUT2D eigenvalue weighted by Gasteiger charge is -2.17. The van der Waals surface area contributed by atoms with Gasteiger partial charge in [0.25, 0.3) is 10.0 Å². The molecule has 0 amide bonds. The van der Waals surface area contributed by atoms with E-state index in [-0.39, 0.29) is 15.7 Å². The molecule has 0 aliphatic heterocycles. The number of hydrogen-bond acceptors (Lipinski definition) is 5. The molecule has 1 aromatic rings. The summed E-state index contributed by atoms with van der Waals surface area (Å²) in [5.74, 6) is 0. The predicted octanol–water partition coefficient (Wildman–Crippen LogP) is 1.89. The Morgan fingerprint density at radius 1 is 1.50 bits per heavy atom. The topological polar surface area (TPSA) is 85.1 Å². The van der Waals surface area contributed by atoms with E-state index in [2.05, 4.69) is 23.6 Å². The molecule has 0 radical (unpaired) electrons. The molecule has 7 heteroatoms. The van der Waals surface area contributed by atoms with Gasteiger partial charge in [0, 0.05) is 6.04 Å². The van der Waals surface area contributed by atoms with Gasteiger partial charge in [-0.3, -0.25) is 0 Å². The maximum absolute atomic E-state index is 12.2. The van der Waals surface area contributed by atoms with Gasteiger partial charge in [0.05, 0.1) is 5.69 Å². The van der Waals surface area contributed by atoms with Crippen LogP contribution in [0.1, 0.15) is 38.8 Å². The van der Waals surface area contributed by atoms with Crippen LogP contribution in [0.5, 0.6) is 0 Å². The van der Waals surface area contributed by atoms with Gasteiger partial charge in [0.1, 0.15) is 0 Å². The van der Waals surface area contributed by atoms with Gasteiger partial charge in [0.2, 0.25) is 0 Å². The molecule has 1 aliphatic carbocycles. The van der Waals surface area contributed by atoms with Gasteiger partial charge < -0.3 is 5.73 Å². The Hall–Kier alpha value is -0.660. The lowest BCUT2D eigenvalue weighted by atomic mass is 9.92. The van der Waals surface area contributed by atoms with Crippen molar-refractivity contribution in [2.45, 2.75) is 50.3 Å². The summed E-state index contributed by atoms with van der Waals surface area (Å²) < 4.78 is 27.5. The number of rotatable bonds is 3. The number of nitrogen functional groups attached to an aromatic ring is 1. The van der Waals surface area contributed by atoms with Crippen molar-refractivity contribution < 1.29 is 8.42 Å². The van der Waals surface area contributed by atoms with Crippen molar-refractivity contribution >= 4 is 26.5 Å². The Morgan fingerprint density at radius 3 is 2.61 bits per heavy atom. The molecule has 102 valence electrons. The van der Waals surface area contributed by atoms with Crippen LogP contribution in [0, 0.1) is 12.3 Å². The summed E-state index contributed by atoms with van der Waals surface area (Å²) in [6.07, 6.45) is 2.81. The zero-order valence-corrected chi connectivity index (χ0v) is 12.5. The molecule has 5 nitrogen and oxygen atoms in total. The highest BCUT2D eigenvalue weighted by molar-refractivity contribution is 7.91. The average molecular weight is 289 g/mol. The van der Waals surface area contributed by atoms with Crippen LogP contribution in [-0.2, 0) is 10.0 Å². The minimum Gasteiger partial charge on any atom is -0.375 e. The number of sulfonamides is 1. The van der Waals surface area contributed by atoms with Crippen LogP contribution in [0.2, 0.25) is 0 Å². The Bertz CT molecular complexity index is 549.